The largest absolute Gasteiger partial charge is 0.493 e. The normalized spacial score (nSPS) is 17.6. The number of furan rings is 1. The molecule has 1 unspecified atom stereocenters. The zero-order chi connectivity index (χ0) is 18.5. The average Bonchev–Trinajstić information content (AvgIpc) is 3.16. The van der Waals surface area contributed by atoms with Gasteiger partial charge in [0.1, 0.15) is 5.58 Å². The van der Waals surface area contributed by atoms with Crippen LogP contribution in [0.4, 0.5) is 5.69 Å². The highest BCUT2D eigenvalue weighted by Crippen LogP contribution is 2.41. The van der Waals surface area contributed by atoms with Crippen molar-refractivity contribution in [1.29, 1.82) is 0 Å². The molecule has 8 heteroatoms. The first-order chi connectivity index (χ1) is 12.4. The Bertz CT molecular complexity index is 1130. The van der Waals surface area contributed by atoms with Crippen molar-refractivity contribution < 1.29 is 22.4 Å². The van der Waals surface area contributed by atoms with Gasteiger partial charge in [-0.1, -0.05) is 6.07 Å². The SMILES string of the molecule is COc1ccc(C2CNC(=O)C2)c2c1oc1ccc(NS(C)(=O)=O)cc12. The van der Waals surface area contributed by atoms with Crippen molar-refractivity contribution in [1.82, 2.24) is 5.32 Å². The summed E-state index contributed by atoms with van der Waals surface area (Å²) >= 11 is 0. The second-order valence-corrected chi connectivity index (χ2v) is 8.20. The Labute approximate surface area is 150 Å². The third-order valence-corrected chi connectivity index (χ3v) is 5.16. The molecule has 26 heavy (non-hydrogen) atoms. The van der Waals surface area contributed by atoms with Crippen LogP contribution < -0.4 is 14.8 Å². The molecule has 1 aliphatic rings. The van der Waals surface area contributed by atoms with Crippen LogP contribution in [0, 0.1) is 0 Å². The zero-order valence-electron chi connectivity index (χ0n) is 14.3. The third-order valence-electron chi connectivity index (χ3n) is 4.56. The number of hydrogen-bond acceptors (Lipinski definition) is 5. The van der Waals surface area contributed by atoms with Crippen LogP contribution in [0.2, 0.25) is 0 Å². The summed E-state index contributed by atoms with van der Waals surface area (Å²) in [6, 6.07) is 8.90. The summed E-state index contributed by atoms with van der Waals surface area (Å²) in [5.74, 6) is 0.643. The van der Waals surface area contributed by atoms with Gasteiger partial charge in [0.15, 0.2) is 11.3 Å². The highest BCUT2D eigenvalue weighted by atomic mass is 32.2. The van der Waals surface area contributed by atoms with Crippen LogP contribution in [0.1, 0.15) is 17.9 Å². The smallest absolute Gasteiger partial charge is 0.229 e. The van der Waals surface area contributed by atoms with E-state index in [0.29, 0.717) is 35.6 Å². The Morgan fingerprint density at radius 3 is 2.73 bits per heavy atom. The van der Waals surface area contributed by atoms with Crippen molar-refractivity contribution in [2.45, 2.75) is 12.3 Å². The van der Waals surface area contributed by atoms with Gasteiger partial charge in [-0.05, 0) is 29.8 Å². The molecule has 1 amide bonds. The van der Waals surface area contributed by atoms with E-state index in [1.807, 2.05) is 12.1 Å². The van der Waals surface area contributed by atoms with Gasteiger partial charge < -0.3 is 14.5 Å². The number of amides is 1. The number of anilines is 1. The first-order valence-corrected chi connectivity index (χ1v) is 10.0. The molecule has 1 saturated heterocycles. The summed E-state index contributed by atoms with van der Waals surface area (Å²) in [6.07, 6.45) is 1.52. The lowest BCUT2D eigenvalue weighted by Crippen LogP contribution is -2.13. The third kappa shape index (κ3) is 2.86. The summed E-state index contributed by atoms with van der Waals surface area (Å²) in [4.78, 5) is 11.7. The van der Waals surface area contributed by atoms with Crippen molar-refractivity contribution in [2.24, 2.45) is 0 Å². The van der Waals surface area contributed by atoms with Gasteiger partial charge in [0.2, 0.25) is 15.9 Å². The molecule has 0 radical (unpaired) electrons. The Morgan fingerprint density at radius 2 is 2.08 bits per heavy atom. The van der Waals surface area contributed by atoms with E-state index in [0.717, 1.165) is 22.6 Å². The number of benzene rings is 2. The van der Waals surface area contributed by atoms with Gasteiger partial charge in [-0.3, -0.25) is 9.52 Å². The molecule has 0 aliphatic carbocycles. The topological polar surface area (TPSA) is 97.6 Å². The molecule has 0 saturated carbocycles. The molecule has 3 aromatic rings. The molecule has 1 atom stereocenters. The van der Waals surface area contributed by atoms with E-state index in [1.54, 1.807) is 25.3 Å². The number of nitrogens with one attached hydrogen (secondary N) is 2. The minimum Gasteiger partial charge on any atom is -0.493 e. The molecule has 0 bridgehead atoms. The number of ether oxygens (including phenoxy) is 1. The standard InChI is InChI=1S/C18H18N2O5S/c1-24-15-6-4-12(10-7-16(21)19-9-10)17-13-8-11(20-26(2,22)23)3-5-14(13)25-18(15)17/h3-6,8,10,20H,7,9H2,1-2H3,(H,19,21). The summed E-state index contributed by atoms with van der Waals surface area (Å²) in [5, 5.41) is 4.48. The van der Waals surface area contributed by atoms with E-state index in [1.165, 1.54) is 0 Å². The number of hydrogen-bond donors (Lipinski definition) is 2. The van der Waals surface area contributed by atoms with E-state index in [4.69, 9.17) is 9.15 Å². The van der Waals surface area contributed by atoms with Gasteiger partial charge in [-0.15, -0.1) is 0 Å². The van der Waals surface area contributed by atoms with Crippen LogP contribution in [0.5, 0.6) is 5.75 Å². The molecular formula is C18H18N2O5S. The first kappa shape index (κ1) is 16.7. The second kappa shape index (κ2) is 5.91. The quantitative estimate of drug-likeness (QED) is 0.731. The maximum absolute atomic E-state index is 11.7. The van der Waals surface area contributed by atoms with Crippen molar-refractivity contribution in [3.05, 3.63) is 35.9 Å². The molecule has 2 N–H and O–H groups in total. The second-order valence-electron chi connectivity index (χ2n) is 6.45. The number of rotatable bonds is 4. The fourth-order valence-corrected chi connectivity index (χ4v) is 4.04. The van der Waals surface area contributed by atoms with Gasteiger partial charge in [0.05, 0.1) is 13.4 Å². The molecule has 1 aliphatic heterocycles. The summed E-state index contributed by atoms with van der Waals surface area (Å²) in [7, 11) is -1.82. The van der Waals surface area contributed by atoms with E-state index < -0.39 is 10.0 Å². The monoisotopic (exact) mass is 374 g/mol. The molecule has 7 nitrogen and oxygen atoms in total. The van der Waals surface area contributed by atoms with Crippen LogP contribution in [-0.4, -0.2) is 34.2 Å². The average molecular weight is 374 g/mol. The minimum absolute atomic E-state index is 0.0196. The van der Waals surface area contributed by atoms with Crippen molar-refractivity contribution in [3.63, 3.8) is 0 Å². The molecule has 1 fully saturated rings. The maximum atomic E-state index is 11.7. The maximum Gasteiger partial charge on any atom is 0.229 e. The predicted octanol–water partition coefficient (Wildman–Crippen LogP) is 2.57. The van der Waals surface area contributed by atoms with Crippen LogP contribution in [0.3, 0.4) is 0 Å². The first-order valence-electron chi connectivity index (χ1n) is 8.13. The van der Waals surface area contributed by atoms with Gasteiger partial charge in [0.25, 0.3) is 0 Å². The van der Waals surface area contributed by atoms with E-state index in [2.05, 4.69) is 10.0 Å². The molecule has 2 aromatic carbocycles. The number of sulfonamides is 1. The highest BCUT2D eigenvalue weighted by molar-refractivity contribution is 7.92. The number of carbonyl (C=O) groups is 1. The summed E-state index contributed by atoms with van der Waals surface area (Å²) in [6.45, 7) is 0.564. The Morgan fingerprint density at radius 1 is 1.27 bits per heavy atom. The van der Waals surface area contributed by atoms with E-state index in [9.17, 15) is 13.2 Å². The molecular weight excluding hydrogens is 356 g/mol. The van der Waals surface area contributed by atoms with Crippen molar-refractivity contribution in [2.75, 3.05) is 24.6 Å². The molecule has 1 aromatic heterocycles. The van der Waals surface area contributed by atoms with Gasteiger partial charge in [0, 0.05) is 35.3 Å². The number of methoxy groups -OCH3 is 1. The number of carbonyl (C=O) groups excluding carboxylic acids is 1. The molecule has 4 rings (SSSR count). The van der Waals surface area contributed by atoms with Crippen LogP contribution >= 0.6 is 0 Å². The zero-order valence-corrected chi connectivity index (χ0v) is 15.1. The number of fused-ring (bicyclic) bond motifs is 3. The van der Waals surface area contributed by atoms with Crippen LogP contribution in [-0.2, 0) is 14.8 Å². The Kier molecular flexibility index (Phi) is 3.80. The highest BCUT2D eigenvalue weighted by Gasteiger charge is 2.27. The lowest BCUT2D eigenvalue weighted by Gasteiger charge is -2.11. The fraction of sp³-hybridized carbons (Fsp3) is 0.278. The Balaban J connectivity index is 1.98. The Hall–Kier alpha value is -2.74. The van der Waals surface area contributed by atoms with E-state index >= 15 is 0 Å². The van der Waals surface area contributed by atoms with Crippen molar-refractivity contribution in [3.8, 4) is 5.75 Å². The minimum atomic E-state index is -3.39. The fourth-order valence-electron chi connectivity index (χ4n) is 3.49. The lowest BCUT2D eigenvalue weighted by molar-refractivity contribution is -0.119. The lowest BCUT2D eigenvalue weighted by atomic mass is 9.93. The van der Waals surface area contributed by atoms with E-state index in [-0.39, 0.29) is 11.8 Å². The van der Waals surface area contributed by atoms with Crippen LogP contribution in [0.25, 0.3) is 21.9 Å². The summed E-state index contributed by atoms with van der Waals surface area (Å²) in [5.41, 5.74) is 2.66. The van der Waals surface area contributed by atoms with Crippen molar-refractivity contribution >= 4 is 43.6 Å². The molecule has 2 heterocycles. The van der Waals surface area contributed by atoms with Gasteiger partial charge >= 0.3 is 0 Å². The molecule has 136 valence electrons. The molecule has 0 spiro atoms. The summed E-state index contributed by atoms with van der Waals surface area (Å²) < 4.78 is 37.0. The van der Waals surface area contributed by atoms with Gasteiger partial charge in [-0.25, -0.2) is 8.42 Å². The van der Waals surface area contributed by atoms with Crippen LogP contribution in [0.15, 0.2) is 34.7 Å². The van der Waals surface area contributed by atoms with Gasteiger partial charge in [-0.2, -0.15) is 0 Å². The predicted molar refractivity (Wildman–Crippen MR) is 99.1 cm³/mol.